The predicted molar refractivity (Wildman–Crippen MR) is 116 cm³/mol. The summed E-state index contributed by atoms with van der Waals surface area (Å²) in [6.45, 7) is 5.39. The lowest BCUT2D eigenvalue weighted by atomic mass is 10.0. The summed E-state index contributed by atoms with van der Waals surface area (Å²) in [6.07, 6.45) is 1.14. The minimum atomic E-state index is -0.282. The molecule has 2 aromatic heterocycles. The molecule has 8 heteroatoms. The summed E-state index contributed by atoms with van der Waals surface area (Å²) in [5.41, 5.74) is 2.63. The molecule has 29 heavy (non-hydrogen) atoms. The number of amides is 2. The van der Waals surface area contributed by atoms with Gasteiger partial charge in [-0.25, -0.2) is 9.78 Å². The lowest BCUT2D eigenvalue weighted by molar-refractivity contribution is 0.0860. The van der Waals surface area contributed by atoms with E-state index in [1.807, 2.05) is 31.1 Å². The predicted octanol–water partition coefficient (Wildman–Crippen LogP) is 3.54. The van der Waals surface area contributed by atoms with Gasteiger partial charge in [0.15, 0.2) is 0 Å². The van der Waals surface area contributed by atoms with Crippen molar-refractivity contribution in [2.45, 2.75) is 32.7 Å². The van der Waals surface area contributed by atoms with Crippen molar-refractivity contribution in [3.63, 3.8) is 0 Å². The van der Waals surface area contributed by atoms with Crippen LogP contribution in [0.25, 0.3) is 10.6 Å². The molecule has 2 aromatic rings. The fourth-order valence-electron chi connectivity index (χ4n) is 3.35. The van der Waals surface area contributed by atoms with Crippen LogP contribution >= 0.6 is 11.3 Å². The van der Waals surface area contributed by atoms with Crippen molar-refractivity contribution in [3.05, 3.63) is 34.7 Å². The van der Waals surface area contributed by atoms with Gasteiger partial charge < -0.3 is 19.9 Å². The molecule has 156 valence electrons. The maximum Gasteiger partial charge on any atom is 0.409 e. The summed E-state index contributed by atoms with van der Waals surface area (Å²) in [6, 6.07) is 5.87. The van der Waals surface area contributed by atoms with Crippen molar-refractivity contribution in [1.82, 2.24) is 15.2 Å². The zero-order chi connectivity index (χ0) is 21.0. The van der Waals surface area contributed by atoms with Gasteiger partial charge in [0, 0.05) is 33.2 Å². The molecule has 0 spiro atoms. The molecule has 0 bridgehead atoms. The maximum atomic E-state index is 12.9. The monoisotopic (exact) mass is 416 g/mol. The third-order valence-electron chi connectivity index (χ3n) is 4.88. The van der Waals surface area contributed by atoms with Crippen LogP contribution in [0.5, 0.6) is 0 Å². The molecule has 2 amide bonds. The van der Waals surface area contributed by atoms with Crippen LogP contribution in [0.3, 0.4) is 0 Å². The zero-order valence-electron chi connectivity index (χ0n) is 17.4. The molecule has 1 fully saturated rings. The Morgan fingerprint density at radius 3 is 2.62 bits per heavy atom. The van der Waals surface area contributed by atoms with E-state index in [0.29, 0.717) is 43.9 Å². The Labute approximate surface area is 175 Å². The summed E-state index contributed by atoms with van der Waals surface area (Å²) < 4.78 is 5.04. The van der Waals surface area contributed by atoms with Crippen molar-refractivity contribution >= 4 is 29.2 Å². The molecule has 0 saturated carbocycles. The molecule has 0 atom stereocenters. The fourth-order valence-corrected chi connectivity index (χ4v) is 4.22. The molecule has 3 heterocycles. The van der Waals surface area contributed by atoms with Crippen molar-refractivity contribution in [3.8, 4) is 10.6 Å². The lowest BCUT2D eigenvalue weighted by Gasteiger charge is -2.31. The van der Waals surface area contributed by atoms with Crippen LogP contribution in [0.2, 0.25) is 0 Å². The number of thiophene rings is 1. The normalized spacial score (nSPS) is 14.6. The summed E-state index contributed by atoms with van der Waals surface area (Å²) in [5.74, 6) is 0.514. The minimum Gasteiger partial charge on any atom is -0.450 e. The number of likely N-dealkylation sites (tertiary alicyclic amines) is 1. The van der Waals surface area contributed by atoms with Gasteiger partial charge in [-0.15, -0.1) is 11.3 Å². The van der Waals surface area contributed by atoms with Gasteiger partial charge in [-0.2, -0.15) is 0 Å². The molecular formula is C21H28N4O3S. The summed E-state index contributed by atoms with van der Waals surface area (Å²) >= 11 is 1.65. The van der Waals surface area contributed by atoms with Crippen LogP contribution < -0.4 is 10.2 Å². The van der Waals surface area contributed by atoms with E-state index in [-0.39, 0.29) is 18.0 Å². The van der Waals surface area contributed by atoms with Crippen molar-refractivity contribution in [1.29, 1.82) is 0 Å². The number of hydrogen-bond donors (Lipinski definition) is 1. The Balaban J connectivity index is 1.68. The fraction of sp³-hybridized carbons (Fsp3) is 0.476. The highest BCUT2D eigenvalue weighted by Crippen LogP contribution is 2.28. The van der Waals surface area contributed by atoms with Crippen molar-refractivity contribution in [2.24, 2.45) is 0 Å². The maximum absolute atomic E-state index is 12.9. The number of aromatic nitrogens is 1. The number of nitrogens with zero attached hydrogens (tertiary/aromatic N) is 3. The van der Waals surface area contributed by atoms with E-state index in [1.54, 1.807) is 23.2 Å². The van der Waals surface area contributed by atoms with Crippen molar-refractivity contribution in [2.75, 3.05) is 38.7 Å². The second kappa shape index (κ2) is 9.26. The molecule has 1 N–H and O–H groups in total. The molecule has 1 aliphatic heterocycles. The number of hydrogen-bond acceptors (Lipinski definition) is 6. The highest BCUT2D eigenvalue weighted by molar-refractivity contribution is 7.13. The Hall–Kier alpha value is -2.61. The van der Waals surface area contributed by atoms with Gasteiger partial charge in [0.25, 0.3) is 5.91 Å². The molecule has 1 saturated heterocycles. The number of anilines is 1. The van der Waals surface area contributed by atoms with E-state index in [9.17, 15) is 9.59 Å². The van der Waals surface area contributed by atoms with Crippen LogP contribution in [0.4, 0.5) is 10.6 Å². The smallest absolute Gasteiger partial charge is 0.409 e. The molecule has 1 aliphatic rings. The Bertz CT molecular complexity index is 873. The number of pyridine rings is 1. The van der Waals surface area contributed by atoms with Gasteiger partial charge in [0.05, 0.1) is 22.7 Å². The van der Waals surface area contributed by atoms with Gasteiger partial charge >= 0.3 is 6.09 Å². The Morgan fingerprint density at radius 2 is 2.03 bits per heavy atom. The van der Waals surface area contributed by atoms with Gasteiger partial charge in [-0.05, 0) is 55.8 Å². The number of carbonyl (C=O) groups excluding carboxylic acids is 2. The van der Waals surface area contributed by atoms with E-state index in [2.05, 4.69) is 23.7 Å². The van der Waals surface area contributed by atoms with Crippen LogP contribution in [-0.4, -0.2) is 61.7 Å². The number of aryl methyl sites for hydroxylation is 1. The van der Waals surface area contributed by atoms with Gasteiger partial charge in [0.2, 0.25) is 0 Å². The van der Waals surface area contributed by atoms with Gasteiger partial charge in [-0.3, -0.25) is 4.79 Å². The highest BCUT2D eigenvalue weighted by atomic mass is 32.1. The molecule has 0 unspecified atom stereocenters. The first kappa shape index (κ1) is 21.1. The van der Waals surface area contributed by atoms with E-state index < -0.39 is 0 Å². The van der Waals surface area contributed by atoms with Gasteiger partial charge in [-0.1, -0.05) is 0 Å². The number of rotatable bonds is 5. The first-order valence-electron chi connectivity index (χ1n) is 9.85. The van der Waals surface area contributed by atoms with E-state index in [4.69, 9.17) is 9.72 Å². The quantitative estimate of drug-likeness (QED) is 0.807. The molecule has 0 aromatic carbocycles. The lowest BCUT2D eigenvalue weighted by Crippen LogP contribution is -2.46. The number of ether oxygens (including phenoxy) is 1. The van der Waals surface area contributed by atoms with Crippen LogP contribution in [0.1, 0.15) is 35.7 Å². The number of nitrogens with one attached hydrogen (secondary N) is 1. The zero-order valence-corrected chi connectivity index (χ0v) is 18.2. The standard InChI is InChI=1S/C21H28N4O3S/c1-5-28-21(27)25-10-8-15(9-11-25)22-20(26)16-6-7-17(23-19(16)24(3)4)18-12-14(2)13-29-18/h6-7,12-13,15H,5,8-11H2,1-4H3,(H,22,26). The Kier molecular flexibility index (Phi) is 6.74. The van der Waals surface area contributed by atoms with Crippen LogP contribution in [-0.2, 0) is 4.74 Å². The summed E-state index contributed by atoms with van der Waals surface area (Å²) in [4.78, 5) is 34.1. The van der Waals surface area contributed by atoms with Crippen LogP contribution in [0.15, 0.2) is 23.6 Å². The second-order valence-electron chi connectivity index (χ2n) is 7.38. The summed E-state index contributed by atoms with van der Waals surface area (Å²) in [7, 11) is 3.78. The first-order valence-corrected chi connectivity index (χ1v) is 10.7. The number of piperidine rings is 1. The average molecular weight is 417 g/mol. The number of carbonyl (C=O) groups is 2. The average Bonchev–Trinajstić information content (AvgIpc) is 3.14. The first-order chi connectivity index (χ1) is 13.9. The molecule has 3 rings (SSSR count). The molecular weight excluding hydrogens is 388 g/mol. The minimum absolute atomic E-state index is 0.0304. The SMILES string of the molecule is CCOC(=O)N1CCC(NC(=O)c2ccc(-c3cc(C)cs3)nc2N(C)C)CC1. The molecule has 0 radical (unpaired) electrons. The molecule has 7 nitrogen and oxygen atoms in total. The molecule has 0 aliphatic carbocycles. The second-order valence-corrected chi connectivity index (χ2v) is 8.30. The van der Waals surface area contributed by atoms with E-state index >= 15 is 0 Å². The topological polar surface area (TPSA) is 74.8 Å². The highest BCUT2D eigenvalue weighted by Gasteiger charge is 2.26. The van der Waals surface area contributed by atoms with E-state index in [0.717, 1.165) is 10.6 Å². The summed E-state index contributed by atoms with van der Waals surface area (Å²) in [5, 5.41) is 5.20. The van der Waals surface area contributed by atoms with Gasteiger partial charge in [0.1, 0.15) is 5.82 Å². The Morgan fingerprint density at radius 1 is 1.31 bits per heavy atom. The largest absolute Gasteiger partial charge is 0.450 e. The van der Waals surface area contributed by atoms with Crippen LogP contribution in [0, 0.1) is 6.92 Å². The third-order valence-corrected chi connectivity index (χ3v) is 5.95. The third kappa shape index (κ3) is 5.06. The van der Waals surface area contributed by atoms with E-state index in [1.165, 1.54) is 5.56 Å². The van der Waals surface area contributed by atoms with Crippen molar-refractivity contribution < 1.29 is 14.3 Å².